The summed E-state index contributed by atoms with van der Waals surface area (Å²) in [5.74, 6) is 0.761. The Morgan fingerprint density at radius 2 is 2.24 bits per heavy atom. The Balaban J connectivity index is 1.95. The molecule has 94 valence electrons. The number of nitrogens with zero attached hydrogens (tertiary/aromatic N) is 2. The maximum absolute atomic E-state index is 5.96. The molecule has 0 aliphatic heterocycles. The van der Waals surface area contributed by atoms with Gasteiger partial charge in [0.1, 0.15) is 0 Å². The average molecular weight is 233 g/mol. The third-order valence-corrected chi connectivity index (χ3v) is 3.34. The van der Waals surface area contributed by atoms with Gasteiger partial charge in [-0.15, -0.1) is 0 Å². The van der Waals surface area contributed by atoms with E-state index in [1.54, 1.807) is 0 Å². The number of nitrogen functional groups attached to an aromatic ring is 1. The van der Waals surface area contributed by atoms with Crippen LogP contribution in [0.5, 0.6) is 0 Å². The number of hydrogen-bond donors (Lipinski definition) is 1. The van der Waals surface area contributed by atoms with Gasteiger partial charge in [0.25, 0.3) is 0 Å². The summed E-state index contributed by atoms with van der Waals surface area (Å²) in [6, 6.07) is 4.61. The lowest BCUT2D eigenvalue weighted by Gasteiger charge is -2.23. The molecule has 1 aromatic rings. The molecular formula is C14H23N3. The predicted octanol–water partition coefficient (Wildman–Crippen LogP) is 2.67. The first-order chi connectivity index (χ1) is 8.16. The highest BCUT2D eigenvalue weighted by atomic mass is 15.2. The molecule has 3 nitrogen and oxygen atoms in total. The van der Waals surface area contributed by atoms with Gasteiger partial charge in [0, 0.05) is 18.8 Å². The Kier molecular flexibility index (Phi) is 4.00. The van der Waals surface area contributed by atoms with Crippen LogP contribution in [0.25, 0.3) is 0 Å². The van der Waals surface area contributed by atoms with Crippen molar-refractivity contribution in [2.75, 3.05) is 12.3 Å². The summed E-state index contributed by atoms with van der Waals surface area (Å²) in [7, 11) is 0. The van der Waals surface area contributed by atoms with Crippen LogP contribution in [0.3, 0.4) is 0 Å². The maximum Gasteiger partial charge on any atom is 0.0772 e. The van der Waals surface area contributed by atoms with E-state index in [4.69, 9.17) is 5.73 Å². The molecule has 0 radical (unpaired) electrons. The molecule has 0 atom stereocenters. The fraction of sp³-hybridized carbons (Fsp3) is 0.643. The van der Waals surface area contributed by atoms with Crippen LogP contribution in [0.4, 0.5) is 5.69 Å². The fourth-order valence-corrected chi connectivity index (χ4v) is 2.03. The molecule has 0 unspecified atom stereocenters. The van der Waals surface area contributed by atoms with Gasteiger partial charge < -0.3 is 5.73 Å². The van der Waals surface area contributed by atoms with Gasteiger partial charge in [0.15, 0.2) is 0 Å². The second-order valence-corrected chi connectivity index (χ2v) is 5.42. The lowest BCUT2D eigenvalue weighted by Crippen LogP contribution is -2.28. The van der Waals surface area contributed by atoms with E-state index in [9.17, 15) is 0 Å². The van der Waals surface area contributed by atoms with Crippen LogP contribution < -0.4 is 5.73 Å². The van der Waals surface area contributed by atoms with E-state index in [2.05, 4.69) is 23.7 Å². The largest absolute Gasteiger partial charge is 0.397 e. The zero-order chi connectivity index (χ0) is 12.3. The SMILES string of the molecule is CC(C)CCN(Cc1ncccc1N)C1CC1. The van der Waals surface area contributed by atoms with Gasteiger partial charge in [-0.3, -0.25) is 9.88 Å². The highest BCUT2D eigenvalue weighted by molar-refractivity contribution is 5.41. The van der Waals surface area contributed by atoms with Crippen molar-refractivity contribution in [3.05, 3.63) is 24.0 Å². The summed E-state index contributed by atoms with van der Waals surface area (Å²) in [4.78, 5) is 6.93. The van der Waals surface area contributed by atoms with E-state index in [0.29, 0.717) is 0 Å². The topological polar surface area (TPSA) is 42.2 Å². The summed E-state index contributed by atoms with van der Waals surface area (Å²) in [6.45, 7) is 6.63. The van der Waals surface area contributed by atoms with E-state index in [-0.39, 0.29) is 0 Å². The minimum Gasteiger partial charge on any atom is -0.397 e. The molecule has 3 heteroatoms. The van der Waals surface area contributed by atoms with Crippen LogP contribution in [0.1, 0.15) is 38.8 Å². The van der Waals surface area contributed by atoms with Crippen molar-refractivity contribution in [1.82, 2.24) is 9.88 Å². The van der Waals surface area contributed by atoms with Crippen molar-refractivity contribution < 1.29 is 0 Å². The van der Waals surface area contributed by atoms with E-state index < -0.39 is 0 Å². The van der Waals surface area contributed by atoms with E-state index in [0.717, 1.165) is 29.9 Å². The molecule has 1 aliphatic rings. The predicted molar refractivity (Wildman–Crippen MR) is 71.5 cm³/mol. The van der Waals surface area contributed by atoms with Gasteiger partial charge >= 0.3 is 0 Å². The summed E-state index contributed by atoms with van der Waals surface area (Å²) in [6.07, 6.45) is 5.76. The number of pyridine rings is 1. The van der Waals surface area contributed by atoms with Crippen LogP contribution in [0, 0.1) is 5.92 Å². The van der Waals surface area contributed by atoms with E-state index in [1.807, 2.05) is 18.3 Å². The second kappa shape index (κ2) is 5.50. The minimum absolute atomic E-state index is 0.761. The van der Waals surface area contributed by atoms with Gasteiger partial charge in [-0.25, -0.2) is 0 Å². The molecule has 0 aromatic carbocycles. The third-order valence-electron chi connectivity index (χ3n) is 3.34. The Morgan fingerprint density at radius 3 is 2.82 bits per heavy atom. The van der Waals surface area contributed by atoms with Crippen LogP contribution in [0.15, 0.2) is 18.3 Å². The van der Waals surface area contributed by atoms with Crippen molar-refractivity contribution in [2.45, 2.75) is 45.7 Å². The Hall–Kier alpha value is -1.09. The molecule has 1 heterocycles. The maximum atomic E-state index is 5.96. The smallest absolute Gasteiger partial charge is 0.0772 e. The number of aromatic nitrogens is 1. The summed E-state index contributed by atoms with van der Waals surface area (Å²) < 4.78 is 0. The average Bonchev–Trinajstić information content (AvgIpc) is 3.10. The van der Waals surface area contributed by atoms with Gasteiger partial charge in [-0.1, -0.05) is 13.8 Å². The second-order valence-electron chi connectivity index (χ2n) is 5.42. The molecule has 0 bridgehead atoms. The van der Waals surface area contributed by atoms with Crippen LogP contribution in [0.2, 0.25) is 0 Å². The van der Waals surface area contributed by atoms with Crippen molar-refractivity contribution in [1.29, 1.82) is 0 Å². The first-order valence-electron chi connectivity index (χ1n) is 6.60. The van der Waals surface area contributed by atoms with E-state index in [1.165, 1.54) is 25.8 Å². The van der Waals surface area contributed by atoms with Crippen molar-refractivity contribution >= 4 is 5.69 Å². The van der Waals surface area contributed by atoms with Crippen LogP contribution >= 0.6 is 0 Å². The minimum atomic E-state index is 0.761. The molecule has 2 N–H and O–H groups in total. The molecular weight excluding hydrogens is 210 g/mol. The molecule has 0 saturated heterocycles. The Bertz CT molecular complexity index is 358. The molecule has 0 spiro atoms. The summed E-state index contributed by atoms with van der Waals surface area (Å²) >= 11 is 0. The normalized spacial score (nSPS) is 15.8. The van der Waals surface area contributed by atoms with Gasteiger partial charge in [-0.05, 0) is 43.9 Å². The van der Waals surface area contributed by atoms with Gasteiger partial charge in [-0.2, -0.15) is 0 Å². The van der Waals surface area contributed by atoms with Crippen LogP contribution in [-0.2, 0) is 6.54 Å². The van der Waals surface area contributed by atoms with Crippen molar-refractivity contribution in [3.63, 3.8) is 0 Å². The van der Waals surface area contributed by atoms with Gasteiger partial charge in [0.2, 0.25) is 0 Å². The highest BCUT2D eigenvalue weighted by Crippen LogP contribution is 2.29. The summed E-state index contributed by atoms with van der Waals surface area (Å²) in [5.41, 5.74) is 7.81. The number of hydrogen-bond acceptors (Lipinski definition) is 3. The van der Waals surface area contributed by atoms with Crippen molar-refractivity contribution in [2.24, 2.45) is 5.92 Å². The fourth-order valence-electron chi connectivity index (χ4n) is 2.03. The highest BCUT2D eigenvalue weighted by Gasteiger charge is 2.29. The monoisotopic (exact) mass is 233 g/mol. The molecule has 0 amide bonds. The molecule has 2 rings (SSSR count). The lowest BCUT2D eigenvalue weighted by molar-refractivity contribution is 0.237. The summed E-state index contributed by atoms with van der Waals surface area (Å²) in [5, 5.41) is 0. The zero-order valence-corrected chi connectivity index (χ0v) is 10.9. The molecule has 1 aliphatic carbocycles. The quantitative estimate of drug-likeness (QED) is 0.821. The third kappa shape index (κ3) is 3.70. The number of nitrogens with two attached hydrogens (primary N) is 1. The first-order valence-corrected chi connectivity index (χ1v) is 6.60. The zero-order valence-electron chi connectivity index (χ0n) is 10.9. The van der Waals surface area contributed by atoms with E-state index >= 15 is 0 Å². The lowest BCUT2D eigenvalue weighted by atomic mass is 10.1. The number of rotatable bonds is 6. The molecule has 1 saturated carbocycles. The molecule has 1 fully saturated rings. The first kappa shape index (κ1) is 12.4. The van der Waals surface area contributed by atoms with Crippen molar-refractivity contribution in [3.8, 4) is 0 Å². The molecule has 17 heavy (non-hydrogen) atoms. The number of anilines is 1. The Labute approximate surface area is 104 Å². The Morgan fingerprint density at radius 1 is 1.47 bits per heavy atom. The molecule has 1 aromatic heterocycles. The van der Waals surface area contributed by atoms with Gasteiger partial charge in [0.05, 0.1) is 11.4 Å². The van der Waals surface area contributed by atoms with Crippen LogP contribution in [-0.4, -0.2) is 22.5 Å². The standard InChI is InChI=1S/C14H23N3/c1-11(2)7-9-17(12-5-6-12)10-14-13(15)4-3-8-16-14/h3-4,8,11-12H,5-7,9-10,15H2,1-2H3.